The lowest BCUT2D eigenvalue weighted by atomic mass is 10.2. The molecule has 0 saturated heterocycles. The Labute approximate surface area is 134 Å². The predicted molar refractivity (Wildman–Crippen MR) is 82.0 cm³/mol. The van der Waals surface area contributed by atoms with Crippen molar-refractivity contribution in [2.75, 3.05) is 5.32 Å². The lowest BCUT2D eigenvalue weighted by Crippen LogP contribution is -2.14. The number of amides is 1. The first-order valence-electron chi connectivity index (χ1n) is 6.67. The zero-order valence-electron chi connectivity index (χ0n) is 11.8. The number of oxazole rings is 1. The van der Waals surface area contributed by atoms with Crippen LogP contribution in [-0.4, -0.2) is 20.2 Å². The number of nitrogens with two attached hydrogens (primary N) is 1. The third-order valence-electron chi connectivity index (χ3n) is 2.88. The van der Waals surface area contributed by atoms with E-state index in [2.05, 4.69) is 19.7 Å². The van der Waals surface area contributed by atoms with E-state index >= 15 is 0 Å². The minimum absolute atomic E-state index is 0.0300. The molecule has 7 nitrogen and oxygen atoms in total. The molecule has 0 fully saturated rings. The maximum atomic E-state index is 12.9. The van der Waals surface area contributed by atoms with Crippen molar-refractivity contribution >= 4 is 22.6 Å². The average molecular weight is 333 g/mol. The SMILES string of the molecule is NCc1nsc(NC(=O)Cc2coc(-c3ccc(F)cc3)n2)n1. The van der Waals surface area contributed by atoms with Gasteiger partial charge in [-0.15, -0.1) is 0 Å². The van der Waals surface area contributed by atoms with Crippen molar-refractivity contribution in [2.24, 2.45) is 5.73 Å². The maximum Gasteiger partial charge on any atom is 0.232 e. The first-order valence-corrected chi connectivity index (χ1v) is 7.44. The molecule has 0 bridgehead atoms. The number of nitrogens with zero attached hydrogens (tertiary/aromatic N) is 3. The van der Waals surface area contributed by atoms with Gasteiger partial charge in [-0.1, -0.05) is 0 Å². The molecule has 3 aromatic rings. The summed E-state index contributed by atoms with van der Waals surface area (Å²) in [5.41, 5.74) is 6.51. The molecule has 0 unspecified atom stereocenters. The number of halogens is 1. The summed E-state index contributed by atoms with van der Waals surface area (Å²) in [6, 6.07) is 5.74. The second-order valence-electron chi connectivity index (χ2n) is 4.60. The molecular formula is C14H12FN5O2S. The molecule has 3 rings (SSSR count). The fourth-order valence-electron chi connectivity index (χ4n) is 1.83. The molecule has 0 aliphatic heterocycles. The van der Waals surface area contributed by atoms with Gasteiger partial charge in [-0.3, -0.25) is 4.79 Å². The van der Waals surface area contributed by atoms with Crippen LogP contribution in [0.3, 0.4) is 0 Å². The number of rotatable bonds is 5. The third kappa shape index (κ3) is 3.76. The van der Waals surface area contributed by atoms with Gasteiger partial charge in [0.25, 0.3) is 0 Å². The minimum atomic E-state index is -0.339. The van der Waals surface area contributed by atoms with Crippen molar-refractivity contribution in [3.8, 4) is 11.5 Å². The Bertz CT molecular complexity index is 815. The maximum absolute atomic E-state index is 12.9. The molecule has 3 N–H and O–H groups in total. The van der Waals surface area contributed by atoms with E-state index in [1.165, 1.54) is 18.4 Å². The summed E-state index contributed by atoms with van der Waals surface area (Å²) < 4.78 is 22.2. The van der Waals surface area contributed by atoms with Gasteiger partial charge in [0.2, 0.25) is 16.9 Å². The van der Waals surface area contributed by atoms with Gasteiger partial charge >= 0.3 is 0 Å². The number of benzene rings is 1. The van der Waals surface area contributed by atoms with Crippen LogP contribution in [-0.2, 0) is 17.8 Å². The van der Waals surface area contributed by atoms with Crippen molar-refractivity contribution in [3.63, 3.8) is 0 Å². The molecule has 9 heteroatoms. The minimum Gasteiger partial charge on any atom is -0.444 e. The molecule has 0 atom stereocenters. The second-order valence-corrected chi connectivity index (χ2v) is 5.35. The molecule has 0 aliphatic carbocycles. The van der Waals surface area contributed by atoms with Gasteiger partial charge in [-0.25, -0.2) is 14.4 Å². The molecule has 1 amide bonds. The second kappa shape index (κ2) is 6.63. The van der Waals surface area contributed by atoms with Crippen molar-refractivity contribution in [2.45, 2.75) is 13.0 Å². The zero-order valence-corrected chi connectivity index (χ0v) is 12.6. The van der Waals surface area contributed by atoms with Crippen LogP contribution in [0.5, 0.6) is 0 Å². The highest BCUT2D eigenvalue weighted by Gasteiger charge is 2.12. The van der Waals surface area contributed by atoms with E-state index in [-0.39, 0.29) is 24.7 Å². The van der Waals surface area contributed by atoms with Crippen molar-refractivity contribution in [3.05, 3.63) is 47.9 Å². The van der Waals surface area contributed by atoms with E-state index in [1.54, 1.807) is 12.1 Å². The van der Waals surface area contributed by atoms with E-state index in [9.17, 15) is 9.18 Å². The topological polar surface area (TPSA) is 107 Å². The number of nitrogens with one attached hydrogen (secondary N) is 1. The molecule has 2 heterocycles. The number of hydrogen-bond donors (Lipinski definition) is 2. The highest BCUT2D eigenvalue weighted by Crippen LogP contribution is 2.19. The first kappa shape index (κ1) is 15.3. The Morgan fingerprint density at radius 1 is 1.30 bits per heavy atom. The summed E-state index contributed by atoms with van der Waals surface area (Å²) in [6.45, 7) is 0.219. The number of anilines is 1. The molecule has 2 aromatic heterocycles. The highest BCUT2D eigenvalue weighted by atomic mass is 32.1. The quantitative estimate of drug-likeness (QED) is 0.739. The Hall–Kier alpha value is -2.65. The van der Waals surface area contributed by atoms with Gasteiger partial charge in [0.15, 0.2) is 5.82 Å². The Balaban J connectivity index is 1.64. The van der Waals surface area contributed by atoms with Crippen LogP contribution >= 0.6 is 11.5 Å². The van der Waals surface area contributed by atoms with Gasteiger partial charge in [0.05, 0.1) is 18.7 Å². The van der Waals surface area contributed by atoms with Crippen molar-refractivity contribution in [1.82, 2.24) is 14.3 Å². The monoisotopic (exact) mass is 333 g/mol. The zero-order chi connectivity index (χ0) is 16.2. The fraction of sp³-hybridized carbons (Fsp3) is 0.143. The Morgan fingerprint density at radius 3 is 2.78 bits per heavy atom. The van der Waals surface area contributed by atoms with E-state index < -0.39 is 0 Å². The van der Waals surface area contributed by atoms with Crippen LogP contribution in [0.4, 0.5) is 9.52 Å². The summed E-state index contributed by atoms with van der Waals surface area (Å²) in [5.74, 6) is 0.178. The van der Waals surface area contributed by atoms with Crippen molar-refractivity contribution < 1.29 is 13.6 Å². The molecule has 0 saturated carbocycles. The summed E-state index contributed by atoms with van der Waals surface area (Å²) in [6.07, 6.45) is 1.42. The van der Waals surface area contributed by atoms with E-state index in [4.69, 9.17) is 10.2 Å². The lowest BCUT2D eigenvalue weighted by molar-refractivity contribution is -0.115. The number of hydrogen-bond acceptors (Lipinski definition) is 7. The number of aromatic nitrogens is 3. The molecule has 23 heavy (non-hydrogen) atoms. The molecule has 118 valence electrons. The number of carbonyl (C=O) groups is 1. The molecule has 0 spiro atoms. The average Bonchev–Trinajstić information content (AvgIpc) is 3.17. The van der Waals surface area contributed by atoms with Gasteiger partial charge in [0.1, 0.15) is 12.1 Å². The lowest BCUT2D eigenvalue weighted by Gasteiger charge is -1.97. The first-order chi connectivity index (χ1) is 11.1. The molecule has 0 radical (unpaired) electrons. The molecule has 0 aliphatic rings. The summed E-state index contributed by atoms with van der Waals surface area (Å²) in [5, 5.41) is 3.01. The Morgan fingerprint density at radius 2 is 2.09 bits per heavy atom. The van der Waals surface area contributed by atoms with E-state index in [1.807, 2.05) is 0 Å². The van der Waals surface area contributed by atoms with Crippen LogP contribution in [0.2, 0.25) is 0 Å². The highest BCUT2D eigenvalue weighted by molar-refractivity contribution is 7.09. The van der Waals surface area contributed by atoms with E-state index in [0.717, 1.165) is 11.5 Å². The smallest absolute Gasteiger partial charge is 0.232 e. The normalized spacial score (nSPS) is 10.7. The van der Waals surface area contributed by atoms with Gasteiger partial charge in [0, 0.05) is 17.1 Å². The summed E-state index contributed by atoms with van der Waals surface area (Å²) >= 11 is 1.06. The van der Waals surface area contributed by atoms with Crippen LogP contribution in [0.1, 0.15) is 11.5 Å². The fourth-order valence-corrected chi connectivity index (χ4v) is 2.44. The molecule has 1 aromatic carbocycles. The third-order valence-corrected chi connectivity index (χ3v) is 3.55. The van der Waals surface area contributed by atoms with Crippen LogP contribution in [0, 0.1) is 5.82 Å². The van der Waals surface area contributed by atoms with Crippen LogP contribution in [0.15, 0.2) is 34.9 Å². The molecular weight excluding hydrogens is 321 g/mol. The summed E-state index contributed by atoms with van der Waals surface area (Å²) in [7, 11) is 0. The standard InChI is InChI=1S/C14H12FN5O2S/c15-9-3-1-8(2-4-9)13-17-10(7-22-13)5-12(21)19-14-18-11(6-16)20-23-14/h1-4,7H,5-6,16H2,(H,18,19,20,21). The van der Waals surface area contributed by atoms with E-state index in [0.29, 0.717) is 28.1 Å². The van der Waals surface area contributed by atoms with Gasteiger partial charge in [-0.2, -0.15) is 4.37 Å². The van der Waals surface area contributed by atoms with Gasteiger partial charge in [-0.05, 0) is 24.3 Å². The van der Waals surface area contributed by atoms with Crippen LogP contribution in [0.25, 0.3) is 11.5 Å². The number of carbonyl (C=O) groups excluding carboxylic acids is 1. The van der Waals surface area contributed by atoms with Crippen LogP contribution < -0.4 is 11.1 Å². The van der Waals surface area contributed by atoms with Gasteiger partial charge < -0.3 is 15.5 Å². The Kier molecular flexibility index (Phi) is 4.40. The predicted octanol–water partition coefficient (Wildman–Crippen LogP) is 1.97. The van der Waals surface area contributed by atoms with Crippen molar-refractivity contribution in [1.29, 1.82) is 0 Å². The largest absolute Gasteiger partial charge is 0.444 e. The summed E-state index contributed by atoms with van der Waals surface area (Å²) in [4.78, 5) is 20.2.